The van der Waals surface area contributed by atoms with E-state index in [0.29, 0.717) is 18.1 Å². The molecule has 1 saturated heterocycles. The zero-order chi connectivity index (χ0) is 14.7. The third kappa shape index (κ3) is 2.71. The molecule has 0 aliphatic carbocycles. The lowest BCUT2D eigenvalue weighted by Crippen LogP contribution is -2.43. The number of anilines is 1. The monoisotopic (exact) mass is 280 g/mol. The number of piperidine rings is 1. The Morgan fingerprint density at radius 2 is 1.95 bits per heavy atom. The van der Waals surface area contributed by atoms with Gasteiger partial charge in [-0.1, -0.05) is 30.3 Å². The van der Waals surface area contributed by atoms with Crippen LogP contribution in [0.3, 0.4) is 0 Å². The predicted octanol–water partition coefficient (Wildman–Crippen LogP) is 1.70. The van der Waals surface area contributed by atoms with Crippen molar-refractivity contribution < 1.29 is 5.11 Å². The molecule has 5 heteroatoms. The quantitative estimate of drug-likeness (QED) is 0.906. The van der Waals surface area contributed by atoms with Crippen LogP contribution >= 0.6 is 0 Å². The fraction of sp³-hybridized carbons (Fsp3) is 0.312. The first-order valence-electron chi connectivity index (χ1n) is 6.98. The lowest BCUT2D eigenvalue weighted by atomic mass is 9.87. The minimum atomic E-state index is -0.477. The Balaban J connectivity index is 1.79. The lowest BCUT2D eigenvalue weighted by Gasteiger charge is -2.36. The molecule has 5 nitrogen and oxygen atoms in total. The van der Waals surface area contributed by atoms with Crippen LogP contribution in [0.4, 0.5) is 5.82 Å². The number of nitrogens with zero attached hydrogens (tertiary/aromatic N) is 4. The predicted molar refractivity (Wildman–Crippen MR) is 78.8 cm³/mol. The molecule has 1 aromatic carbocycles. The lowest BCUT2D eigenvalue weighted by molar-refractivity contribution is 0.129. The van der Waals surface area contributed by atoms with Gasteiger partial charge in [-0.25, -0.2) is 9.97 Å². The number of hydrogen-bond donors (Lipinski definition) is 1. The molecule has 2 atom stereocenters. The average Bonchev–Trinajstić information content (AvgIpc) is 2.55. The molecule has 1 aromatic heterocycles. The molecular weight excluding hydrogens is 264 g/mol. The van der Waals surface area contributed by atoms with E-state index in [-0.39, 0.29) is 5.92 Å². The Bertz CT molecular complexity index is 653. The van der Waals surface area contributed by atoms with E-state index in [4.69, 9.17) is 5.26 Å². The second-order valence-electron chi connectivity index (χ2n) is 5.16. The minimum Gasteiger partial charge on any atom is -0.391 e. The summed E-state index contributed by atoms with van der Waals surface area (Å²) in [4.78, 5) is 10.2. The maximum Gasteiger partial charge on any atom is 0.183 e. The summed E-state index contributed by atoms with van der Waals surface area (Å²) in [5.74, 6) is 0.690. The van der Waals surface area contributed by atoms with Gasteiger partial charge in [0.15, 0.2) is 11.5 Å². The fourth-order valence-corrected chi connectivity index (χ4v) is 2.85. The molecule has 1 N–H and O–H groups in total. The summed E-state index contributed by atoms with van der Waals surface area (Å²) in [6, 6.07) is 12.1. The Kier molecular flexibility index (Phi) is 3.80. The highest BCUT2D eigenvalue weighted by Gasteiger charge is 2.30. The van der Waals surface area contributed by atoms with E-state index in [1.807, 2.05) is 35.2 Å². The van der Waals surface area contributed by atoms with Gasteiger partial charge in [-0.3, -0.25) is 0 Å². The first-order chi connectivity index (χ1) is 10.3. The Morgan fingerprint density at radius 1 is 1.19 bits per heavy atom. The van der Waals surface area contributed by atoms with Crippen LogP contribution in [-0.4, -0.2) is 34.3 Å². The van der Waals surface area contributed by atoms with Gasteiger partial charge in [-0.15, -0.1) is 0 Å². The summed E-state index contributed by atoms with van der Waals surface area (Å²) in [5.41, 5.74) is 1.46. The van der Waals surface area contributed by atoms with Crippen LogP contribution in [0, 0.1) is 11.3 Å². The number of benzene rings is 1. The summed E-state index contributed by atoms with van der Waals surface area (Å²) < 4.78 is 0. The Labute approximate surface area is 123 Å². The normalized spacial score (nSPS) is 21.8. The van der Waals surface area contributed by atoms with Gasteiger partial charge >= 0.3 is 0 Å². The molecule has 21 heavy (non-hydrogen) atoms. The van der Waals surface area contributed by atoms with Gasteiger partial charge in [-0.2, -0.15) is 5.26 Å². The summed E-state index contributed by atoms with van der Waals surface area (Å²) in [5, 5.41) is 19.5. The van der Waals surface area contributed by atoms with Crippen LogP contribution in [0.15, 0.2) is 42.7 Å². The number of aliphatic hydroxyl groups is 1. The van der Waals surface area contributed by atoms with E-state index in [9.17, 15) is 5.11 Å². The van der Waals surface area contributed by atoms with Crippen LogP contribution in [0.25, 0.3) is 0 Å². The van der Waals surface area contributed by atoms with Crippen molar-refractivity contribution >= 4 is 5.82 Å². The molecule has 2 heterocycles. The standard InChI is InChI=1S/C16H16N4O/c17-10-14-16(19-8-7-18-14)20-9-6-13(15(21)11-20)12-4-2-1-3-5-12/h1-5,7-8,13,15,21H,6,9,11H2/t13-,15+/m0/s1. The summed E-state index contributed by atoms with van der Waals surface area (Å²) >= 11 is 0. The second-order valence-corrected chi connectivity index (χ2v) is 5.16. The van der Waals surface area contributed by atoms with Crippen molar-refractivity contribution in [2.24, 2.45) is 0 Å². The number of rotatable bonds is 2. The van der Waals surface area contributed by atoms with Crippen LogP contribution in [0.2, 0.25) is 0 Å². The third-order valence-electron chi connectivity index (χ3n) is 3.89. The number of aromatic nitrogens is 2. The van der Waals surface area contributed by atoms with Crippen molar-refractivity contribution in [3.63, 3.8) is 0 Å². The summed E-state index contributed by atoms with van der Waals surface area (Å²) in [6.07, 6.45) is 3.43. The van der Waals surface area contributed by atoms with Crippen molar-refractivity contribution in [1.29, 1.82) is 5.26 Å². The van der Waals surface area contributed by atoms with Crippen LogP contribution in [0.5, 0.6) is 0 Å². The molecule has 0 spiro atoms. The molecule has 1 fully saturated rings. The highest BCUT2D eigenvalue weighted by atomic mass is 16.3. The summed E-state index contributed by atoms with van der Waals surface area (Å²) in [7, 11) is 0. The minimum absolute atomic E-state index is 0.129. The van der Waals surface area contributed by atoms with Gasteiger partial charge < -0.3 is 10.0 Å². The van der Waals surface area contributed by atoms with Gasteiger partial charge in [0.1, 0.15) is 6.07 Å². The number of aliphatic hydroxyl groups excluding tert-OH is 1. The van der Waals surface area contributed by atoms with E-state index in [1.165, 1.54) is 6.20 Å². The zero-order valence-electron chi connectivity index (χ0n) is 11.6. The smallest absolute Gasteiger partial charge is 0.183 e. The molecule has 3 rings (SSSR count). The highest BCUT2D eigenvalue weighted by Crippen LogP contribution is 2.30. The zero-order valence-corrected chi connectivity index (χ0v) is 11.6. The number of nitriles is 1. The van der Waals surface area contributed by atoms with Gasteiger partial charge in [-0.05, 0) is 12.0 Å². The Morgan fingerprint density at radius 3 is 2.67 bits per heavy atom. The van der Waals surface area contributed by atoms with E-state index < -0.39 is 6.10 Å². The fourth-order valence-electron chi connectivity index (χ4n) is 2.85. The van der Waals surface area contributed by atoms with E-state index >= 15 is 0 Å². The van der Waals surface area contributed by atoms with E-state index in [2.05, 4.69) is 16.0 Å². The van der Waals surface area contributed by atoms with E-state index in [1.54, 1.807) is 6.20 Å². The van der Waals surface area contributed by atoms with Crippen molar-refractivity contribution in [2.75, 3.05) is 18.0 Å². The molecule has 0 saturated carbocycles. The molecule has 1 aliphatic rings. The maximum absolute atomic E-state index is 10.4. The van der Waals surface area contributed by atoms with Crippen molar-refractivity contribution in [1.82, 2.24) is 9.97 Å². The highest BCUT2D eigenvalue weighted by molar-refractivity contribution is 5.50. The Hall–Kier alpha value is -2.45. The van der Waals surface area contributed by atoms with E-state index in [0.717, 1.165) is 18.5 Å². The first kappa shape index (κ1) is 13.5. The molecule has 0 radical (unpaired) electrons. The molecule has 106 valence electrons. The van der Waals surface area contributed by atoms with Gasteiger partial charge in [0, 0.05) is 31.4 Å². The topological polar surface area (TPSA) is 73.0 Å². The van der Waals surface area contributed by atoms with Crippen LogP contribution in [-0.2, 0) is 0 Å². The largest absolute Gasteiger partial charge is 0.391 e. The van der Waals surface area contributed by atoms with Gasteiger partial charge in [0.25, 0.3) is 0 Å². The average molecular weight is 280 g/mol. The van der Waals surface area contributed by atoms with Crippen molar-refractivity contribution in [3.05, 3.63) is 54.0 Å². The SMILES string of the molecule is N#Cc1nccnc1N1CC[C@@H](c2ccccc2)[C@H](O)C1. The molecule has 0 bridgehead atoms. The van der Waals surface area contributed by atoms with Crippen molar-refractivity contribution in [3.8, 4) is 6.07 Å². The maximum atomic E-state index is 10.4. The van der Waals surface area contributed by atoms with Gasteiger partial charge in [0.2, 0.25) is 0 Å². The number of β-amino-alcohol motifs (C(OH)–C–C–N with tert-alkyl or cyclic N) is 1. The molecule has 1 aliphatic heterocycles. The van der Waals surface area contributed by atoms with Crippen molar-refractivity contribution in [2.45, 2.75) is 18.4 Å². The molecule has 0 unspecified atom stereocenters. The second kappa shape index (κ2) is 5.90. The van der Waals surface area contributed by atoms with Crippen LogP contribution in [0.1, 0.15) is 23.6 Å². The summed E-state index contributed by atoms with van der Waals surface area (Å²) in [6.45, 7) is 1.22. The molecule has 2 aromatic rings. The third-order valence-corrected chi connectivity index (χ3v) is 3.89. The molecular formula is C16H16N4O. The molecule has 0 amide bonds. The number of hydrogen-bond acceptors (Lipinski definition) is 5. The van der Waals surface area contributed by atoms with Gasteiger partial charge in [0.05, 0.1) is 6.10 Å². The van der Waals surface area contributed by atoms with Crippen LogP contribution < -0.4 is 4.90 Å². The first-order valence-corrected chi connectivity index (χ1v) is 6.98.